The summed E-state index contributed by atoms with van der Waals surface area (Å²) in [4.78, 5) is 0. The lowest BCUT2D eigenvalue weighted by Crippen LogP contribution is -2.00. The number of benzene rings is 2. The number of fused-ring (bicyclic) bond motifs is 1. The van der Waals surface area contributed by atoms with E-state index in [1.54, 1.807) is 12.1 Å². The van der Waals surface area contributed by atoms with Crippen LogP contribution in [0.3, 0.4) is 0 Å². The number of rotatable bonds is 2. The predicted molar refractivity (Wildman–Crippen MR) is 57.9 cm³/mol. The molecule has 1 unspecified atom stereocenters. The summed E-state index contributed by atoms with van der Waals surface area (Å²) in [5.41, 5.74) is 5.94. The van der Waals surface area contributed by atoms with Gasteiger partial charge in [0.2, 0.25) is 0 Å². The Kier molecular flexibility index (Phi) is 2.57. The van der Waals surface area contributed by atoms with Crippen molar-refractivity contribution in [2.75, 3.05) is 5.73 Å². The van der Waals surface area contributed by atoms with Crippen LogP contribution in [0, 0.1) is 0 Å². The van der Waals surface area contributed by atoms with E-state index in [1.165, 1.54) is 0 Å². The van der Waals surface area contributed by atoms with Crippen LogP contribution in [-0.4, -0.2) is 8.76 Å². The van der Waals surface area contributed by atoms with E-state index in [2.05, 4.69) is 4.18 Å². The van der Waals surface area contributed by atoms with Crippen molar-refractivity contribution in [2.24, 2.45) is 0 Å². The minimum atomic E-state index is -2.60. The van der Waals surface area contributed by atoms with Crippen molar-refractivity contribution in [1.82, 2.24) is 0 Å². The van der Waals surface area contributed by atoms with Gasteiger partial charge in [-0.3, -0.25) is 0 Å². The molecule has 0 bridgehead atoms. The number of hydrogen-bond acceptors (Lipinski definition) is 4. The van der Waals surface area contributed by atoms with Crippen LogP contribution in [0.15, 0.2) is 36.4 Å². The van der Waals surface area contributed by atoms with Gasteiger partial charge >= 0.3 is 0 Å². The number of nitrogen functional groups attached to an aromatic ring is 1. The van der Waals surface area contributed by atoms with Crippen LogP contribution in [0.1, 0.15) is 0 Å². The monoisotopic (exact) mass is 222 g/mol. The second-order valence-corrected chi connectivity index (χ2v) is 3.60. The Hall–Kier alpha value is -1.59. The highest BCUT2D eigenvalue weighted by Crippen LogP contribution is 2.28. The van der Waals surface area contributed by atoms with Gasteiger partial charge in [0.25, 0.3) is 0 Å². The van der Waals surface area contributed by atoms with E-state index in [-0.39, 0.29) is 5.75 Å². The first kappa shape index (κ1) is 9.95. The lowest BCUT2D eigenvalue weighted by molar-refractivity contribution is 0.441. The van der Waals surface area contributed by atoms with Gasteiger partial charge in [0.15, 0.2) is 5.75 Å². The van der Waals surface area contributed by atoms with Gasteiger partial charge in [0.1, 0.15) is 11.4 Å². The third-order valence-electron chi connectivity index (χ3n) is 2.04. The molecule has 0 aliphatic rings. The van der Waals surface area contributed by atoms with E-state index in [9.17, 15) is 8.76 Å². The molecule has 4 nitrogen and oxygen atoms in total. The molecule has 2 aromatic carbocycles. The van der Waals surface area contributed by atoms with Crippen molar-refractivity contribution >= 4 is 27.8 Å². The van der Waals surface area contributed by atoms with E-state index in [0.29, 0.717) is 5.69 Å². The summed E-state index contributed by atoms with van der Waals surface area (Å²) in [7, 11) is 0. The molecule has 0 saturated carbocycles. The first-order valence-corrected chi connectivity index (χ1v) is 5.22. The van der Waals surface area contributed by atoms with Crippen molar-refractivity contribution < 1.29 is 12.9 Å². The molecule has 2 N–H and O–H groups in total. The number of hydrogen-bond donors (Lipinski definition) is 1. The molecular formula is C10H8NO3S-. The Labute approximate surface area is 89.2 Å². The lowest BCUT2D eigenvalue weighted by Gasteiger charge is -2.10. The minimum Gasteiger partial charge on any atom is -0.740 e. The molecule has 2 aromatic rings. The van der Waals surface area contributed by atoms with E-state index >= 15 is 0 Å². The van der Waals surface area contributed by atoms with Crippen LogP contribution in [0.2, 0.25) is 0 Å². The Balaban J connectivity index is 2.56. The van der Waals surface area contributed by atoms with Gasteiger partial charge in [-0.2, -0.15) is 0 Å². The Bertz CT molecular complexity index is 527. The summed E-state index contributed by atoms with van der Waals surface area (Å²) in [6, 6.07) is 10.8. The first-order valence-electron chi connectivity index (χ1n) is 4.22. The molecule has 2 rings (SSSR count). The average Bonchev–Trinajstić information content (AvgIpc) is 2.18. The predicted octanol–water partition coefficient (Wildman–Crippen LogP) is 1.59. The van der Waals surface area contributed by atoms with Crippen molar-refractivity contribution in [3.63, 3.8) is 0 Å². The maximum Gasteiger partial charge on any atom is 0.162 e. The van der Waals surface area contributed by atoms with Crippen molar-refractivity contribution in [2.45, 2.75) is 0 Å². The normalized spacial score (nSPS) is 12.6. The molecule has 1 atom stereocenters. The number of anilines is 1. The van der Waals surface area contributed by atoms with Gasteiger partial charge in [0, 0.05) is 0 Å². The summed E-state index contributed by atoms with van der Waals surface area (Å²) in [5.74, 6) is 0.155. The maximum absolute atomic E-state index is 10.4. The second-order valence-electron chi connectivity index (χ2n) is 3.02. The molecule has 0 aliphatic carbocycles. The molecule has 0 radical (unpaired) electrons. The third kappa shape index (κ3) is 2.08. The van der Waals surface area contributed by atoms with E-state index in [4.69, 9.17) is 5.73 Å². The molecular weight excluding hydrogens is 214 g/mol. The highest BCUT2D eigenvalue weighted by atomic mass is 32.2. The van der Waals surface area contributed by atoms with Crippen LogP contribution in [0.25, 0.3) is 10.8 Å². The van der Waals surface area contributed by atoms with Crippen LogP contribution in [0.5, 0.6) is 5.75 Å². The summed E-state index contributed by atoms with van der Waals surface area (Å²) in [6.07, 6.45) is 0. The van der Waals surface area contributed by atoms with Gasteiger partial charge in [-0.1, -0.05) is 24.3 Å². The van der Waals surface area contributed by atoms with Gasteiger partial charge in [0.05, 0.1) is 5.69 Å². The molecule has 15 heavy (non-hydrogen) atoms. The summed E-state index contributed by atoms with van der Waals surface area (Å²) in [5, 5.41) is 1.83. The fourth-order valence-corrected chi connectivity index (χ4v) is 1.67. The standard InChI is InChI=1S/C10H9NO3S/c11-9-5-7-3-1-2-4-8(7)6-10(9)14-15(12)13/h1-6H,11H2,(H,12,13)/p-1. The Morgan fingerprint density at radius 2 is 1.80 bits per heavy atom. The van der Waals surface area contributed by atoms with Crippen molar-refractivity contribution in [3.05, 3.63) is 36.4 Å². The molecule has 0 fully saturated rings. The highest BCUT2D eigenvalue weighted by Gasteiger charge is 2.03. The van der Waals surface area contributed by atoms with Crippen LogP contribution in [0.4, 0.5) is 5.69 Å². The summed E-state index contributed by atoms with van der Waals surface area (Å²) < 4.78 is 25.3. The molecule has 0 aliphatic heterocycles. The molecule has 0 spiro atoms. The topological polar surface area (TPSA) is 75.4 Å². The average molecular weight is 222 g/mol. The van der Waals surface area contributed by atoms with Crippen LogP contribution < -0.4 is 9.92 Å². The third-order valence-corrected chi connectivity index (χ3v) is 2.35. The fourth-order valence-electron chi connectivity index (χ4n) is 1.38. The fraction of sp³-hybridized carbons (Fsp3) is 0. The smallest absolute Gasteiger partial charge is 0.162 e. The lowest BCUT2D eigenvalue weighted by atomic mass is 10.1. The SMILES string of the molecule is Nc1cc2ccccc2cc1OS(=O)[O-]. The van der Waals surface area contributed by atoms with E-state index in [0.717, 1.165) is 10.8 Å². The van der Waals surface area contributed by atoms with Crippen LogP contribution >= 0.6 is 0 Å². The molecule has 5 heteroatoms. The van der Waals surface area contributed by atoms with E-state index < -0.39 is 11.4 Å². The quantitative estimate of drug-likeness (QED) is 0.618. The van der Waals surface area contributed by atoms with Crippen molar-refractivity contribution in [3.8, 4) is 5.75 Å². The van der Waals surface area contributed by atoms with Gasteiger partial charge in [-0.25, -0.2) is 4.21 Å². The molecule has 0 heterocycles. The van der Waals surface area contributed by atoms with Gasteiger partial charge in [-0.15, -0.1) is 0 Å². The molecule has 78 valence electrons. The molecule has 0 aromatic heterocycles. The zero-order chi connectivity index (χ0) is 10.8. The Morgan fingerprint density at radius 1 is 1.20 bits per heavy atom. The van der Waals surface area contributed by atoms with Gasteiger partial charge < -0.3 is 14.5 Å². The molecule has 0 amide bonds. The highest BCUT2D eigenvalue weighted by molar-refractivity contribution is 7.74. The van der Waals surface area contributed by atoms with E-state index in [1.807, 2.05) is 24.3 Å². The Morgan fingerprint density at radius 3 is 2.40 bits per heavy atom. The largest absolute Gasteiger partial charge is 0.740 e. The molecule has 0 saturated heterocycles. The summed E-state index contributed by atoms with van der Waals surface area (Å²) in [6.45, 7) is 0. The number of nitrogens with two attached hydrogens (primary N) is 1. The zero-order valence-electron chi connectivity index (χ0n) is 7.67. The zero-order valence-corrected chi connectivity index (χ0v) is 8.49. The first-order chi connectivity index (χ1) is 7.16. The van der Waals surface area contributed by atoms with Crippen molar-refractivity contribution in [1.29, 1.82) is 0 Å². The maximum atomic E-state index is 10.4. The summed E-state index contributed by atoms with van der Waals surface area (Å²) >= 11 is -2.60. The minimum absolute atomic E-state index is 0.155. The second kappa shape index (κ2) is 3.88. The van der Waals surface area contributed by atoms with Gasteiger partial charge in [-0.05, 0) is 22.9 Å². The van der Waals surface area contributed by atoms with Crippen LogP contribution in [-0.2, 0) is 11.4 Å².